The van der Waals surface area contributed by atoms with E-state index >= 15 is 0 Å². The first-order chi connectivity index (χ1) is 40.7. The Kier molecular flexibility index (Phi) is 34.8. The molecule has 0 unspecified atom stereocenters. The lowest BCUT2D eigenvalue weighted by molar-refractivity contribution is -0.142. The van der Waals surface area contributed by atoms with Crippen molar-refractivity contribution in [2.75, 3.05) is 25.1 Å². The maximum Gasteiger partial charge on any atom is 0.326 e. The number of aliphatic carboxylic acids is 5. The molecule has 0 aliphatic rings. The lowest BCUT2D eigenvalue weighted by Gasteiger charge is -2.28. The second-order valence-corrected chi connectivity index (χ2v) is 22.0. The van der Waals surface area contributed by atoms with Crippen molar-refractivity contribution in [3.8, 4) is 5.75 Å². The summed E-state index contributed by atoms with van der Waals surface area (Å²) in [4.78, 5) is 187. The number of carbonyl (C=O) groups is 14. The molecule has 0 bridgehead atoms. The van der Waals surface area contributed by atoms with E-state index in [1.807, 2.05) is 13.8 Å². The zero-order valence-corrected chi connectivity index (χ0v) is 49.8. The number of phenolic OH excluding ortho intramolecular Hbond substituents is 1. The van der Waals surface area contributed by atoms with Crippen LogP contribution in [0.4, 0.5) is 0 Å². The van der Waals surface area contributed by atoms with E-state index in [-0.39, 0.29) is 67.6 Å². The first-order valence-corrected chi connectivity index (χ1v) is 29.0. The number of nitrogens with zero attached hydrogens (tertiary/aromatic N) is 1. The lowest BCUT2D eigenvalue weighted by atomic mass is 10.00. The van der Waals surface area contributed by atoms with Crippen LogP contribution in [-0.4, -0.2) is 199 Å². The number of rotatable bonds is 43. The number of thioether (sulfide) groups is 1. The molecular formula is C53H83N13O20S. The topological polar surface area (TPSA) is 559 Å². The number of nitrogens with one attached hydrogen (secondary N) is 9. The molecule has 1 rings (SSSR count). The summed E-state index contributed by atoms with van der Waals surface area (Å²) in [5.74, 6) is -17.9. The highest BCUT2D eigenvalue weighted by atomic mass is 32.2. The normalized spacial score (nSPS) is 14.1. The van der Waals surface area contributed by atoms with Gasteiger partial charge in [0.1, 0.15) is 54.1 Å². The highest BCUT2D eigenvalue weighted by Gasteiger charge is 2.36. The smallest absolute Gasteiger partial charge is 0.326 e. The molecule has 87 heavy (non-hydrogen) atoms. The molecule has 9 amide bonds. The Morgan fingerprint density at radius 2 is 0.897 bits per heavy atom. The Balaban J connectivity index is 3.68. The van der Waals surface area contributed by atoms with E-state index < -0.39 is 201 Å². The second-order valence-electron chi connectivity index (χ2n) is 21.0. The number of aliphatic imine (C=N–C) groups is 1. The van der Waals surface area contributed by atoms with Crippen LogP contribution >= 0.6 is 11.8 Å². The van der Waals surface area contributed by atoms with Crippen molar-refractivity contribution in [3.63, 3.8) is 0 Å². The Morgan fingerprint density at radius 3 is 1.31 bits per heavy atom. The lowest BCUT2D eigenvalue weighted by Crippen LogP contribution is -2.60. The van der Waals surface area contributed by atoms with Gasteiger partial charge >= 0.3 is 29.8 Å². The van der Waals surface area contributed by atoms with Gasteiger partial charge in [0, 0.05) is 32.2 Å². The number of carbonyl (C=O) groups excluding carboxylic acids is 9. The molecular weight excluding hydrogens is 1170 g/mol. The van der Waals surface area contributed by atoms with E-state index in [2.05, 4.69) is 52.8 Å². The van der Waals surface area contributed by atoms with E-state index in [1.54, 1.807) is 20.1 Å². The van der Waals surface area contributed by atoms with Gasteiger partial charge < -0.3 is 95.7 Å². The van der Waals surface area contributed by atoms with Crippen molar-refractivity contribution in [2.24, 2.45) is 34.0 Å². The summed E-state index contributed by atoms with van der Waals surface area (Å²) in [5, 5.41) is 79.2. The van der Waals surface area contributed by atoms with Gasteiger partial charge in [-0.2, -0.15) is 11.8 Å². The molecule has 21 N–H and O–H groups in total. The first kappa shape index (κ1) is 76.2. The third-order valence-electron chi connectivity index (χ3n) is 12.5. The average Bonchev–Trinajstić information content (AvgIpc) is 3.22. The maximum absolute atomic E-state index is 14.4. The molecule has 0 saturated carbocycles. The van der Waals surface area contributed by atoms with Crippen molar-refractivity contribution < 1.29 is 97.8 Å². The molecule has 0 spiro atoms. The standard InChI is InChI=1S/C53H83N13O20S/c1-26(2)21-30(54)44(77)58-25-39(68)59-38(24-43(75)76)51(84)65-36(22-27(3)4)49(82)66-37(23-28-8-10-29(67)11-9-28)50(83)62-33(14-17-42(73)74)46(79)60-31(12-15-40(69)70)45(78)61-32(13-16-41(71)72)47(80)63-34(18-20-87-5)48(81)64-35(52(85)86)7-6-19-57-53(55)56/h8-11,26-27,30-38,67H,6-7,12-25,54H2,1-5H3,(H,58,77)(H,59,68)(H,60,79)(H,61,78)(H,62,83)(H,63,80)(H,64,81)(H,65,84)(H,66,82)(H,69,70)(H,71,72)(H,73,74)(H,75,76)(H,85,86)(H4,55,56,57)/t30-,31-,32-,33-,34-,35-,36-,37-,38-/m0/s1. The number of phenols is 1. The van der Waals surface area contributed by atoms with Crippen molar-refractivity contribution in [1.82, 2.24) is 47.9 Å². The summed E-state index contributed by atoms with van der Waals surface area (Å²) < 4.78 is 0. The largest absolute Gasteiger partial charge is 0.508 e. The zero-order chi connectivity index (χ0) is 66.1. The molecule has 0 aromatic heterocycles. The number of benzene rings is 1. The predicted octanol–water partition coefficient (Wildman–Crippen LogP) is -3.69. The van der Waals surface area contributed by atoms with E-state index in [4.69, 9.17) is 17.2 Å². The zero-order valence-electron chi connectivity index (χ0n) is 49.0. The molecule has 0 saturated heterocycles. The second kappa shape index (κ2) is 39.7. The van der Waals surface area contributed by atoms with Crippen molar-refractivity contribution in [1.29, 1.82) is 0 Å². The number of guanidine groups is 1. The van der Waals surface area contributed by atoms with Crippen molar-refractivity contribution >= 4 is 101 Å². The summed E-state index contributed by atoms with van der Waals surface area (Å²) in [6, 6.07) is -9.56. The van der Waals surface area contributed by atoms with Crippen LogP contribution in [0, 0.1) is 11.8 Å². The van der Waals surface area contributed by atoms with Gasteiger partial charge in [0.05, 0.1) is 19.0 Å². The number of hydrogen-bond donors (Lipinski definition) is 18. The molecule has 1 aromatic carbocycles. The monoisotopic (exact) mass is 1250 g/mol. The van der Waals surface area contributed by atoms with E-state index in [0.29, 0.717) is 0 Å². The average molecular weight is 1250 g/mol. The fourth-order valence-electron chi connectivity index (χ4n) is 8.10. The quantitative estimate of drug-likeness (QED) is 0.0170. The summed E-state index contributed by atoms with van der Waals surface area (Å²) in [6.07, 6.45) is -4.37. The Labute approximate surface area is 505 Å². The maximum atomic E-state index is 14.4. The van der Waals surface area contributed by atoms with Gasteiger partial charge in [-0.3, -0.25) is 67.3 Å². The highest BCUT2D eigenvalue weighted by molar-refractivity contribution is 7.98. The van der Waals surface area contributed by atoms with Crippen LogP contribution in [0.5, 0.6) is 5.75 Å². The number of aromatic hydroxyl groups is 1. The van der Waals surface area contributed by atoms with Crippen molar-refractivity contribution in [2.45, 2.75) is 166 Å². The Bertz CT molecular complexity index is 2590. The molecule has 33 nitrogen and oxygen atoms in total. The Morgan fingerprint density at radius 1 is 0.494 bits per heavy atom. The molecule has 0 heterocycles. The van der Waals surface area contributed by atoms with Crippen LogP contribution in [0.15, 0.2) is 29.3 Å². The highest BCUT2D eigenvalue weighted by Crippen LogP contribution is 2.15. The van der Waals surface area contributed by atoms with Crippen LogP contribution in [-0.2, 0) is 73.5 Å². The molecule has 0 aliphatic carbocycles. The van der Waals surface area contributed by atoms with Crippen LogP contribution in [0.25, 0.3) is 0 Å². The minimum Gasteiger partial charge on any atom is -0.508 e. The van der Waals surface area contributed by atoms with E-state index in [9.17, 15) is 97.8 Å². The fraction of sp³-hybridized carbons (Fsp3) is 0.604. The van der Waals surface area contributed by atoms with Crippen LogP contribution < -0.4 is 65.1 Å². The first-order valence-electron chi connectivity index (χ1n) is 27.6. The summed E-state index contributed by atoms with van der Waals surface area (Å²) in [7, 11) is 0. The third kappa shape index (κ3) is 32.3. The molecule has 9 atom stereocenters. The number of carboxylic acid groups (broad SMARTS) is 5. The van der Waals surface area contributed by atoms with Gasteiger partial charge in [-0.15, -0.1) is 0 Å². The van der Waals surface area contributed by atoms with Gasteiger partial charge in [-0.25, -0.2) is 4.79 Å². The van der Waals surface area contributed by atoms with Gasteiger partial charge in [-0.1, -0.05) is 39.8 Å². The van der Waals surface area contributed by atoms with E-state index in [1.165, 1.54) is 36.0 Å². The third-order valence-corrected chi connectivity index (χ3v) is 13.2. The number of carboxylic acids is 5. The van der Waals surface area contributed by atoms with Gasteiger partial charge in [0.15, 0.2) is 5.96 Å². The van der Waals surface area contributed by atoms with Gasteiger partial charge in [-0.05, 0) is 92.9 Å². The predicted molar refractivity (Wildman–Crippen MR) is 311 cm³/mol. The minimum atomic E-state index is -1.93. The number of amides is 9. The molecule has 1 aromatic rings. The fourth-order valence-corrected chi connectivity index (χ4v) is 8.58. The Hall–Kier alpha value is -8.82. The molecule has 0 radical (unpaired) electrons. The molecule has 34 heteroatoms. The van der Waals surface area contributed by atoms with Gasteiger partial charge in [0.25, 0.3) is 0 Å². The number of nitrogens with two attached hydrogens (primary N) is 3. The molecule has 0 aliphatic heterocycles. The van der Waals surface area contributed by atoms with Crippen molar-refractivity contribution in [3.05, 3.63) is 29.8 Å². The van der Waals surface area contributed by atoms with Crippen LogP contribution in [0.1, 0.15) is 110 Å². The SMILES string of the molecule is CSCC[C@H](NC(=O)[C@H](CCC(=O)O)NC(=O)[C@H](CCC(=O)O)NC(=O)[C@H](CCC(=O)O)NC(=O)[C@H](Cc1ccc(O)cc1)NC(=O)[C@H](CC(C)C)NC(=O)[C@H](CC(=O)O)NC(=O)CNC(=O)[C@@H](N)CC(C)C)C(=O)N[C@@H](CCCN=C(N)N)C(=O)O. The summed E-state index contributed by atoms with van der Waals surface area (Å²) >= 11 is 1.24. The number of hydrogen-bond acceptors (Lipinski definition) is 18. The van der Waals surface area contributed by atoms with Crippen LogP contribution in [0.3, 0.4) is 0 Å². The minimum absolute atomic E-state index is 0.0193. The summed E-state index contributed by atoms with van der Waals surface area (Å²) in [6.45, 7) is 6.23. The molecule has 486 valence electrons. The van der Waals surface area contributed by atoms with Crippen LogP contribution in [0.2, 0.25) is 0 Å². The van der Waals surface area contributed by atoms with E-state index in [0.717, 1.165) is 0 Å². The molecule has 0 fully saturated rings. The van der Waals surface area contributed by atoms with Gasteiger partial charge in [0.2, 0.25) is 53.2 Å². The summed E-state index contributed by atoms with van der Waals surface area (Å²) in [5.41, 5.74) is 16.8.